The van der Waals surface area contributed by atoms with E-state index < -0.39 is 5.97 Å². The van der Waals surface area contributed by atoms with Crippen molar-refractivity contribution in [3.8, 4) is 17.2 Å². The van der Waals surface area contributed by atoms with E-state index in [9.17, 15) is 9.59 Å². The van der Waals surface area contributed by atoms with Crippen molar-refractivity contribution in [3.05, 3.63) is 53.6 Å². The van der Waals surface area contributed by atoms with E-state index in [2.05, 4.69) is 15.3 Å². The van der Waals surface area contributed by atoms with Gasteiger partial charge in [-0.3, -0.25) is 4.79 Å². The summed E-state index contributed by atoms with van der Waals surface area (Å²) in [6.07, 6.45) is 1.47. The van der Waals surface area contributed by atoms with Crippen LogP contribution < -0.4 is 19.6 Å². The Hall–Kier alpha value is -3.55. The summed E-state index contributed by atoms with van der Waals surface area (Å²) in [6.45, 7) is 2.23. The average molecular weight is 386 g/mol. The fourth-order valence-corrected chi connectivity index (χ4v) is 2.18. The quantitative estimate of drug-likeness (QED) is 0.404. The van der Waals surface area contributed by atoms with Gasteiger partial charge in [0, 0.05) is 5.56 Å². The Morgan fingerprint density at radius 2 is 1.79 bits per heavy atom. The Kier molecular flexibility index (Phi) is 7.83. The van der Waals surface area contributed by atoms with Gasteiger partial charge in [-0.25, -0.2) is 10.2 Å². The van der Waals surface area contributed by atoms with E-state index in [-0.39, 0.29) is 12.5 Å². The highest BCUT2D eigenvalue weighted by atomic mass is 16.6. The zero-order valence-electron chi connectivity index (χ0n) is 15.9. The van der Waals surface area contributed by atoms with Crippen LogP contribution in [0.5, 0.6) is 17.2 Å². The topological polar surface area (TPSA) is 95.5 Å². The van der Waals surface area contributed by atoms with Crippen molar-refractivity contribution in [1.29, 1.82) is 0 Å². The lowest BCUT2D eigenvalue weighted by atomic mass is 10.2. The molecule has 0 unspecified atom stereocenters. The third-order valence-electron chi connectivity index (χ3n) is 3.57. The van der Waals surface area contributed by atoms with Crippen LogP contribution >= 0.6 is 0 Å². The third kappa shape index (κ3) is 6.01. The molecule has 148 valence electrons. The summed E-state index contributed by atoms with van der Waals surface area (Å²) in [5.74, 6) is 0.673. The van der Waals surface area contributed by atoms with E-state index in [4.69, 9.17) is 14.2 Å². The van der Waals surface area contributed by atoms with Gasteiger partial charge in [-0.2, -0.15) is 5.10 Å². The fourth-order valence-electron chi connectivity index (χ4n) is 2.18. The van der Waals surface area contributed by atoms with Gasteiger partial charge in [0.05, 0.1) is 27.0 Å². The summed E-state index contributed by atoms with van der Waals surface area (Å²) in [4.78, 5) is 23.3. The third-order valence-corrected chi connectivity index (χ3v) is 3.57. The molecule has 0 saturated carbocycles. The molecule has 8 heteroatoms. The first-order chi connectivity index (χ1) is 13.6. The Bertz CT molecular complexity index is 833. The van der Waals surface area contributed by atoms with Crippen LogP contribution in [-0.4, -0.2) is 45.5 Å². The van der Waals surface area contributed by atoms with Crippen LogP contribution in [0.15, 0.2) is 47.6 Å². The van der Waals surface area contributed by atoms with E-state index in [0.717, 1.165) is 0 Å². The van der Waals surface area contributed by atoms with Gasteiger partial charge >= 0.3 is 5.97 Å². The van der Waals surface area contributed by atoms with Gasteiger partial charge < -0.3 is 18.9 Å². The molecule has 0 saturated heterocycles. The maximum atomic E-state index is 12.1. The molecule has 8 nitrogen and oxygen atoms in total. The van der Waals surface area contributed by atoms with Crippen molar-refractivity contribution < 1.29 is 28.5 Å². The standard InChI is InChI=1S/C20H22N2O6/c1-4-27-16-8-6-15(7-9-16)20(24)22-21-12-14-5-10-17(18(11-14)25-2)28-13-19(23)26-3/h5-12H,4,13H2,1-3H3,(H,22,24)/b21-12-. The number of methoxy groups -OCH3 is 2. The molecule has 0 fully saturated rings. The molecule has 2 aromatic rings. The second kappa shape index (κ2) is 10.6. The van der Waals surface area contributed by atoms with Gasteiger partial charge in [-0.15, -0.1) is 0 Å². The molecule has 0 heterocycles. The summed E-state index contributed by atoms with van der Waals surface area (Å²) in [7, 11) is 2.76. The van der Waals surface area contributed by atoms with E-state index in [1.165, 1.54) is 20.4 Å². The first-order valence-electron chi connectivity index (χ1n) is 8.51. The zero-order chi connectivity index (χ0) is 20.4. The van der Waals surface area contributed by atoms with Gasteiger partial charge in [0.2, 0.25) is 0 Å². The average Bonchev–Trinajstić information content (AvgIpc) is 2.73. The Labute approximate surface area is 163 Å². The molecule has 0 bridgehead atoms. The Morgan fingerprint density at radius 3 is 2.43 bits per heavy atom. The van der Waals surface area contributed by atoms with Crippen LogP contribution in [0, 0.1) is 0 Å². The first-order valence-corrected chi connectivity index (χ1v) is 8.51. The molecular weight excluding hydrogens is 364 g/mol. The molecule has 0 aliphatic heterocycles. The lowest BCUT2D eigenvalue weighted by Gasteiger charge is -2.10. The molecule has 0 radical (unpaired) electrons. The molecule has 1 N–H and O–H groups in total. The second-order valence-electron chi connectivity index (χ2n) is 5.43. The first kappa shape index (κ1) is 20.8. The predicted molar refractivity (Wildman–Crippen MR) is 103 cm³/mol. The van der Waals surface area contributed by atoms with Gasteiger partial charge in [0.15, 0.2) is 18.1 Å². The maximum absolute atomic E-state index is 12.1. The summed E-state index contributed by atoms with van der Waals surface area (Å²) >= 11 is 0. The molecule has 0 atom stereocenters. The van der Waals surface area contributed by atoms with Gasteiger partial charge in [0.25, 0.3) is 5.91 Å². The summed E-state index contributed by atoms with van der Waals surface area (Å²) in [6, 6.07) is 11.8. The van der Waals surface area contributed by atoms with Crippen LogP contribution in [0.1, 0.15) is 22.8 Å². The number of nitrogens with zero attached hydrogens (tertiary/aromatic N) is 1. The number of hydrogen-bond acceptors (Lipinski definition) is 7. The van der Waals surface area contributed by atoms with Crippen molar-refractivity contribution in [2.24, 2.45) is 5.10 Å². The number of esters is 1. The molecule has 28 heavy (non-hydrogen) atoms. The lowest BCUT2D eigenvalue weighted by molar-refractivity contribution is -0.142. The fraction of sp³-hybridized carbons (Fsp3) is 0.250. The number of carbonyl (C=O) groups excluding carboxylic acids is 2. The molecular formula is C20H22N2O6. The van der Waals surface area contributed by atoms with Crippen LogP contribution in [0.25, 0.3) is 0 Å². The van der Waals surface area contributed by atoms with Crippen molar-refractivity contribution in [1.82, 2.24) is 5.43 Å². The number of ether oxygens (including phenoxy) is 4. The monoisotopic (exact) mass is 386 g/mol. The minimum absolute atomic E-state index is 0.224. The Morgan fingerprint density at radius 1 is 1.04 bits per heavy atom. The van der Waals surface area contributed by atoms with E-state index in [0.29, 0.717) is 35.0 Å². The van der Waals surface area contributed by atoms with Crippen LogP contribution in [-0.2, 0) is 9.53 Å². The number of hydrazone groups is 1. The van der Waals surface area contributed by atoms with Crippen molar-refractivity contribution in [2.45, 2.75) is 6.92 Å². The van der Waals surface area contributed by atoms with E-state index >= 15 is 0 Å². The molecule has 0 aliphatic rings. The summed E-state index contributed by atoms with van der Waals surface area (Å²) in [5, 5.41) is 3.94. The molecule has 1 amide bonds. The number of benzene rings is 2. The molecule has 2 rings (SSSR count). The van der Waals surface area contributed by atoms with Gasteiger partial charge in [-0.05, 0) is 55.0 Å². The Balaban J connectivity index is 1.97. The second-order valence-corrected chi connectivity index (χ2v) is 5.43. The predicted octanol–water partition coefficient (Wildman–Crippen LogP) is 2.41. The number of rotatable bonds is 9. The van der Waals surface area contributed by atoms with Crippen molar-refractivity contribution in [3.63, 3.8) is 0 Å². The van der Waals surface area contributed by atoms with Crippen molar-refractivity contribution >= 4 is 18.1 Å². The van der Waals surface area contributed by atoms with Crippen LogP contribution in [0.2, 0.25) is 0 Å². The number of carbonyl (C=O) groups is 2. The highest BCUT2D eigenvalue weighted by Gasteiger charge is 2.08. The molecule has 2 aromatic carbocycles. The number of nitrogens with one attached hydrogen (secondary N) is 1. The van der Waals surface area contributed by atoms with E-state index in [1.54, 1.807) is 42.5 Å². The lowest BCUT2D eigenvalue weighted by Crippen LogP contribution is -2.17. The highest BCUT2D eigenvalue weighted by Crippen LogP contribution is 2.27. The molecule has 0 aromatic heterocycles. The minimum Gasteiger partial charge on any atom is -0.494 e. The maximum Gasteiger partial charge on any atom is 0.343 e. The normalized spacial score (nSPS) is 10.4. The van der Waals surface area contributed by atoms with Crippen LogP contribution in [0.4, 0.5) is 0 Å². The largest absolute Gasteiger partial charge is 0.494 e. The van der Waals surface area contributed by atoms with Crippen LogP contribution in [0.3, 0.4) is 0 Å². The summed E-state index contributed by atoms with van der Waals surface area (Å²) < 4.78 is 20.4. The van der Waals surface area contributed by atoms with Crippen molar-refractivity contribution in [2.75, 3.05) is 27.4 Å². The number of hydrogen-bond donors (Lipinski definition) is 1. The minimum atomic E-state index is -0.496. The van der Waals surface area contributed by atoms with Gasteiger partial charge in [0.1, 0.15) is 5.75 Å². The van der Waals surface area contributed by atoms with Gasteiger partial charge in [-0.1, -0.05) is 0 Å². The summed E-state index contributed by atoms with van der Waals surface area (Å²) in [5.41, 5.74) is 3.59. The smallest absolute Gasteiger partial charge is 0.343 e. The van der Waals surface area contributed by atoms with E-state index in [1.807, 2.05) is 6.92 Å². The molecule has 0 aliphatic carbocycles. The molecule has 0 spiro atoms. The zero-order valence-corrected chi connectivity index (χ0v) is 15.9. The number of amides is 1. The highest BCUT2D eigenvalue weighted by molar-refractivity contribution is 5.95. The SMILES string of the molecule is CCOc1ccc(C(=O)N/N=C\c2ccc(OCC(=O)OC)c(OC)c2)cc1.